The number of rotatable bonds is 4. The van der Waals surface area contributed by atoms with Crippen molar-refractivity contribution in [2.24, 2.45) is 0 Å². The summed E-state index contributed by atoms with van der Waals surface area (Å²) in [6.07, 6.45) is 3.25. The van der Waals surface area contributed by atoms with Crippen LogP contribution in [-0.4, -0.2) is 28.1 Å². The molecule has 18 heavy (non-hydrogen) atoms. The minimum Gasteiger partial charge on any atom is -0.507 e. The fraction of sp³-hybridized carbons (Fsp3) is 0.500. The predicted octanol–water partition coefficient (Wildman–Crippen LogP) is 2.80. The van der Waals surface area contributed by atoms with Crippen molar-refractivity contribution < 1.29 is 9.90 Å². The third-order valence-electron chi connectivity index (χ3n) is 3.27. The standard InChI is InChI=1S/C14H19NO2S/c1-2-18-11-8-7-10(9-11)15-14(17)12-5-3-4-6-13(12)16/h3-6,10-11,16H,2,7-9H2,1H3,(H,15,17). The summed E-state index contributed by atoms with van der Waals surface area (Å²) in [5.41, 5.74) is 0.365. The minimum atomic E-state index is -0.166. The van der Waals surface area contributed by atoms with Gasteiger partial charge < -0.3 is 10.4 Å². The zero-order valence-electron chi connectivity index (χ0n) is 10.6. The molecule has 1 saturated carbocycles. The average Bonchev–Trinajstić information content (AvgIpc) is 2.77. The number of carbonyl (C=O) groups is 1. The van der Waals surface area contributed by atoms with Crippen molar-refractivity contribution in [1.29, 1.82) is 0 Å². The van der Waals surface area contributed by atoms with E-state index >= 15 is 0 Å². The lowest BCUT2D eigenvalue weighted by Crippen LogP contribution is -2.33. The summed E-state index contributed by atoms with van der Waals surface area (Å²) in [6, 6.07) is 6.92. The summed E-state index contributed by atoms with van der Waals surface area (Å²) in [4.78, 5) is 12.0. The van der Waals surface area contributed by atoms with E-state index < -0.39 is 0 Å². The monoisotopic (exact) mass is 265 g/mol. The number of aromatic hydroxyl groups is 1. The Morgan fingerprint density at radius 1 is 1.44 bits per heavy atom. The molecular formula is C14H19NO2S. The molecule has 0 radical (unpaired) electrons. The maximum Gasteiger partial charge on any atom is 0.255 e. The van der Waals surface area contributed by atoms with Crippen LogP contribution in [0.25, 0.3) is 0 Å². The summed E-state index contributed by atoms with van der Waals surface area (Å²) in [7, 11) is 0. The van der Waals surface area contributed by atoms with E-state index in [0.717, 1.165) is 18.6 Å². The number of thioether (sulfide) groups is 1. The fourth-order valence-corrected chi connectivity index (χ4v) is 3.53. The number of phenolic OH excluding ortho intramolecular Hbond substituents is 1. The van der Waals surface area contributed by atoms with E-state index in [4.69, 9.17) is 0 Å². The number of para-hydroxylation sites is 1. The lowest BCUT2D eigenvalue weighted by atomic mass is 10.1. The number of phenols is 1. The van der Waals surface area contributed by atoms with Gasteiger partial charge >= 0.3 is 0 Å². The molecular weight excluding hydrogens is 246 g/mol. The Balaban J connectivity index is 1.91. The van der Waals surface area contributed by atoms with Crippen LogP contribution < -0.4 is 5.32 Å². The van der Waals surface area contributed by atoms with Gasteiger partial charge in [0.05, 0.1) is 5.56 Å². The largest absolute Gasteiger partial charge is 0.507 e. The van der Waals surface area contributed by atoms with Gasteiger partial charge in [-0.1, -0.05) is 19.1 Å². The fourth-order valence-electron chi connectivity index (χ4n) is 2.39. The number of amides is 1. The van der Waals surface area contributed by atoms with Crippen LogP contribution in [0.1, 0.15) is 36.5 Å². The summed E-state index contributed by atoms with van der Waals surface area (Å²) < 4.78 is 0. The molecule has 4 heteroatoms. The summed E-state index contributed by atoms with van der Waals surface area (Å²) in [5.74, 6) is 1.01. The Hall–Kier alpha value is -1.16. The second kappa shape index (κ2) is 6.14. The quantitative estimate of drug-likeness (QED) is 0.880. The van der Waals surface area contributed by atoms with Crippen LogP contribution >= 0.6 is 11.8 Å². The van der Waals surface area contributed by atoms with Crippen LogP contribution in [0, 0.1) is 0 Å². The first-order valence-electron chi connectivity index (χ1n) is 6.41. The van der Waals surface area contributed by atoms with Crippen LogP contribution in [0.4, 0.5) is 0 Å². The maximum atomic E-state index is 12.0. The molecule has 0 heterocycles. The van der Waals surface area contributed by atoms with Gasteiger partial charge in [-0.3, -0.25) is 4.79 Å². The van der Waals surface area contributed by atoms with E-state index in [0.29, 0.717) is 10.8 Å². The Kier molecular flexibility index (Phi) is 4.53. The third-order valence-corrected chi connectivity index (χ3v) is 4.50. The lowest BCUT2D eigenvalue weighted by Gasteiger charge is -2.13. The third kappa shape index (κ3) is 3.19. The van der Waals surface area contributed by atoms with Gasteiger partial charge in [-0.05, 0) is 37.1 Å². The molecule has 0 bridgehead atoms. The van der Waals surface area contributed by atoms with E-state index in [1.807, 2.05) is 11.8 Å². The topological polar surface area (TPSA) is 49.3 Å². The first kappa shape index (κ1) is 13.3. The zero-order chi connectivity index (χ0) is 13.0. The van der Waals surface area contributed by atoms with Gasteiger partial charge in [0.2, 0.25) is 0 Å². The van der Waals surface area contributed by atoms with Gasteiger partial charge in [0.1, 0.15) is 5.75 Å². The average molecular weight is 265 g/mol. The van der Waals surface area contributed by atoms with Gasteiger partial charge in [-0.25, -0.2) is 0 Å². The van der Waals surface area contributed by atoms with Crippen molar-refractivity contribution in [3.8, 4) is 5.75 Å². The first-order chi connectivity index (χ1) is 8.70. The van der Waals surface area contributed by atoms with E-state index in [1.54, 1.807) is 24.3 Å². The zero-order valence-corrected chi connectivity index (χ0v) is 11.4. The van der Waals surface area contributed by atoms with Gasteiger partial charge in [-0.15, -0.1) is 0 Å². The molecule has 2 unspecified atom stereocenters. The molecule has 2 rings (SSSR count). The van der Waals surface area contributed by atoms with Gasteiger partial charge in [0.25, 0.3) is 5.91 Å². The normalized spacial score (nSPS) is 22.9. The second-order valence-corrected chi connectivity index (χ2v) is 6.16. The van der Waals surface area contributed by atoms with Crippen LogP contribution in [0.15, 0.2) is 24.3 Å². The van der Waals surface area contributed by atoms with Crippen molar-refractivity contribution in [2.45, 2.75) is 37.5 Å². The van der Waals surface area contributed by atoms with Gasteiger partial charge in [-0.2, -0.15) is 11.8 Å². The van der Waals surface area contributed by atoms with Crippen LogP contribution in [-0.2, 0) is 0 Å². The highest BCUT2D eigenvalue weighted by atomic mass is 32.2. The van der Waals surface area contributed by atoms with Gasteiger partial charge in [0.15, 0.2) is 0 Å². The van der Waals surface area contributed by atoms with E-state index in [1.165, 1.54) is 6.42 Å². The van der Waals surface area contributed by atoms with Crippen molar-refractivity contribution in [3.63, 3.8) is 0 Å². The Morgan fingerprint density at radius 2 is 2.22 bits per heavy atom. The highest BCUT2D eigenvalue weighted by Gasteiger charge is 2.26. The molecule has 1 aliphatic rings. The molecule has 2 N–H and O–H groups in total. The summed E-state index contributed by atoms with van der Waals surface area (Å²) >= 11 is 1.97. The molecule has 2 atom stereocenters. The molecule has 0 aromatic heterocycles. The van der Waals surface area contributed by atoms with Gasteiger partial charge in [0, 0.05) is 11.3 Å². The highest BCUT2D eigenvalue weighted by molar-refractivity contribution is 7.99. The van der Waals surface area contributed by atoms with Crippen molar-refractivity contribution in [1.82, 2.24) is 5.32 Å². The molecule has 1 amide bonds. The molecule has 0 saturated heterocycles. The van der Waals surface area contributed by atoms with Crippen molar-refractivity contribution >= 4 is 17.7 Å². The number of hydrogen-bond donors (Lipinski definition) is 2. The Morgan fingerprint density at radius 3 is 2.94 bits per heavy atom. The maximum absolute atomic E-state index is 12.0. The summed E-state index contributed by atoms with van der Waals surface area (Å²) in [5, 5.41) is 13.3. The lowest BCUT2D eigenvalue weighted by molar-refractivity contribution is 0.0935. The Bertz CT molecular complexity index is 422. The molecule has 0 spiro atoms. The molecule has 3 nitrogen and oxygen atoms in total. The molecule has 1 aromatic rings. The number of carbonyl (C=O) groups excluding carboxylic acids is 1. The molecule has 1 aromatic carbocycles. The Labute approximate surface area is 112 Å². The number of benzene rings is 1. The number of nitrogens with one attached hydrogen (secondary N) is 1. The molecule has 1 aliphatic carbocycles. The SMILES string of the molecule is CCSC1CCC(NC(=O)c2ccccc2O)C1. The first-order valence-corrected chi connectivity index (χ1v) is 7.46. The second-order valence-electron chi connectivity index (χ2n) is 4.58. The molecule has 1 fully saturated rings. The predicted molar refractivity (Wildman–Crippen MR) is 75.1 cm³/mol. The van der Waals surface area contributed by atoms with E-state index in [9.17, 15) is 9.90 Å². The molecule has 0 aliphatic heterocycles. The molecule has 98 valence electrons. The van der Waals surface area contributed by atoms with Crippen molar-refractivity contribution in [2.75, 3.05) is 5.75 Å². The smallest absolute Gasteiger partial charge is 0.255 e. The van der Waals surface area contributed by atoms with Crippen LogP contribution in [0.2, 0.25) is 0 Å². The van der Waals surface area contributed by atoms with Crippen LogP contribution in [0.3, 0.4) is 0 Å². The highest BCUT2D eigenvalue weighted by Crippen LogP contribution is 2.30. The summed E-state index contributed by atoms with van der Waals surface area (Å²) in [6.45, 7) is 2.17. The number of hydrogen-bond acceptors (Lipinski definition) is 3. The van der Waals surface area contributed by atoms with Crippen molar-refractivity contribution in [3.05, 3.63) is 29.8 Å². The minimum absolute atomic E-state index is 0.0486. The van der Waals surface area contributed by atoms with E-state index in [2.05, 4.69) is 12.2 Å². The van der Waals surface area contributed by atoms with E-state index in [-0.39, 0.29) is 17.7 Å². The van der Waals surface area contributed by atoms with Crippen LogP contribution in [0.5, 0.6) is 5.75 Å².